The van der Waals surface area contributed by atoms with Gasteiger partial charge in [0.05, 0.1) is 9.82 Å². The highest BCUT2D eigenvalue weighted by atomic mass is 32.2. The fraction of sp³-hybridized carbons (Fsp3) is 0.562. The van der Waals surface area contributed by atoms with Gasteiger partial charge in [-0.3, -0.25) is 14.9 Å². The summed E-state index contributed by atoms with van der Waals surface area (Å²) in [6, 6.07) is 4.76. The van der Waals surface area contributed by atoms with Crippen LogP contribution in [0.2, 0.25) is 0 Å². The van der Waals surface area contributed by atoms with Gasteiger partial charge in [0, 0.05) is 24.7 Å². The number of nitro benzene ring substituents is 1. The van der Waals surface area contributed by atoms with Crippen LogP contribution in [-0.4, -0.2) is 35.1 Å². The minimum atomic E-state index is -0.423. The van der Waals surface area contributed by atoms with E-state index in [-0.39, 0.29) is 11.6 Å². The first-order valence-corrected chi connectivity index (χ1v) is 8.78. The van der Waals surface area contributed by atoms with Crippen LogP contribution in [0.1, 0.15) is 37.0 Å². The molecule has 22 heavy (non-hydrogen) atoms. The van der Waals surface area contributed by atoms with Gasteiger partial charge in [-0.1, -0.05) is 13.8 Å². The van der Waals surface area contributed by atoms with E-state index in [4.69, 9.17) is 0 Å². The number of hydrogen-bond acceptors (Lipinski definition) is 4. The molecular formula is C16H22N2O3S. The highest BCUT2D eigenvalue weighted by Crippen LogP contribution is 2.30. The lowest BCUT2D eigenvalue weighted by Crippen LogP contribution is -2.39. The Bertz CT molecular complexity index is 567. The molecule has 0 spiro atoms. The average Bonchev–Trinajstić information content (AvgIpc) is 2.53. The Kier molecular flexibility index (Phi) is 5.45. The number of hydrogen-bond donors (Lipinski definition) is 0. The fourth-order valence-electron chi connectivity index (χ4n) is 2.92. The lowest BCUT2D eigenvalue weighted by atomic mass is 9.86. The van der Waals surface area contributed by atoms with Gasteiger partial charge in [-0.25, -0.2) is 0 Å². The molecule has 0 radical (unpaired) electrons. The third kappa shape index (κ3) is 3.61. The lowest BCUT2D eigenvalue weighted by molar-refractivity contribution is -0.387. The van der Waals surface area contributed by atoms with Crippen LogP contribution < -0.4 is 0 Å². The quantitative estimate of drug-likeness (QED) is 0.480. The summed E-state index contributed by atoms with van der Waals surface area (Å²) in [4.78, 5) is 25.6. The number of likely N-dealkylation sites (tertiary alicyclic amines) is 1. The van der Waals surface area contributed by atoms with E-state index in [9.17, 15) is 14.9 Å². The first kappa shape index (κ1) is 16.8. The third-order valence-electron chi connectivity index (χ3n) is 4.39. The molecule has 0 bridgehead atoms. The summed E-state index contributed by atoms with van der Waals surface area (Å²) in [6.07, 6.45) is 3.81. The molecule has 1 saturated heterocycles. The number of carbonyl (C=O) groups excluding carboxylic acids is 1. The zero-order chi connectivity index (χ0) is 16.3. The molecule has 0 N–H and O–H groups in total. The summed E-state index contributed by atoms with van der Waals surface area (Å²) in [5.74, 6) is 1.20. The van der Waals surface area contributed by atoms with Crippen molar-refractivity contribution < 1.29 is 9.72 Å². The van der Waals surface area contributed by atoms with Gasteiger partial charge in [0.15, 0.2) is 0 Å². The van der Waals surface area contributed by atoms with Crippen molar-refractivity contribution in [3.8, 4) is 0 Å². The zero-order valence-corrected chi connectivity index (χ0v) is 14.1. The van der Waals surface area contributed by atoms with Crippen molar-refractivity contribution in [2.24, 2.45) is 11.8 Å². The molecule has 1 aliphatic rings. The van der Waals surface area contributed by atoms with Crippen LogP contribution in [0, 0.1) is 22.0 Å². The summed E-state index contributed by atoms with van der Waals surface area (Å²) < 4.78 is 0. The van der Waals surface area contributed by atoms with E-state index in [0.717, 1.165) is 25.9 Å². The van der Waals surface area contributed by atoms with E-state index in [1.54, 1.807) is 18.4 Å². The van der Waals surface area contributed by atoms with Crippen LogP contribution >= 0.6 is 11.8 Å². The maximum atomic E-state index is 12.5. The van der Waals surface area contributed by atoms with Crippen molar-refractivity contribution in [3.63, 3.8) is 0 Å². The molecule has 0 aromatic heterocycles. The van der Waals surface area contributed by atoms with Crippen LogP contribution in [0.3, 0.4) is 0 Å². The maximum absolute atomic E-state index is 12.5. The summed E-state index contributed by atoms with van der Waals surface area (Å²) in [6.45, 7) is 5.90. The molecule has 1 aromatic carbocycles. The van der Waals surface area contributed by atoms with Crippen LogP contribution in [0.4, 0.5) is 5.69 Å². The number of piperidine rings is 1. The molecule has 5 nitrogen and oxygen atoms in total. The molecule has 1 aliphatic heterocycles. The highest BCUT2D eigenvalue weighted by Gasteiger charge is 2.26. The first-order valence-electron chi connectivity index (χ1n) is 7.55. The predicted octanol–water partition coefficient (Wildman–Crippen LogP) is 3.82. The molecule has 1 aromatic rings. The summed E-state index contributed by atoms with van der Waals surface area (Å²) >= 11 is 1.32. The van der Waals surface area contributed by atoms with Crippen molar-refractivity contribution in [2.45, 2.75) is 31.6 Å². The number of rotatable bonds is 4. The maximum Gasteiger partial charge on any atom is 0.283 e. The number of benzene rings is 1. The molecule has 0 unspecified atom stereocenters. The molecular weight excluding hydrogens is 300 g/mol. The smallest absolute Gasteiger partial charge is 0.283 e. The van der Waals surface area contributed by atoms with Gasteiger partial charge in [0.25, 0.3) is 11.6 Å². The van der Waals surface area contributed by atoms with Crippen molar-refractivity contribution in [1.29, 1.82) is 0 Å². The van der Waals surface area contributed by atoms with Crippen molar-refractivity contribution in [1.82, 2.24) is 4.90 Å². The summed E-state index contributed by atoms with van der Waals surface area (Å²) in [5.41, 5.74) is 0.419. The first-order chi connectivity index (χ1) is 10.4. The predicted molar refractivity (Wildman–Crippen MR) is 88.3 cm³/mol. The summed E-state index contributed by atoms with van der Waals surface area (Å²) in [5, 5.41) is 11.1. The lowest BCUT2D eigenvalue weighted by Gasteiger charge is -2.33. The topological polar surface area (TPSA) is 63.5 Å². The molecule has 1 fully saturated rings. The molecule has 2 rings (SSSR count). The van der Waals surface area contributed by atoms with Gasteiger partial charge in [-0.05, 0) is 43.1 Å². The van der Waals surface area contributed by atoms with Gasteiger partial charge < -0.3 is 4.90 Å². The second-order valence-corrected chi connectivity index (χ2v) is 6.87. The number of nitro groups is 1. The molecule has 0 atom stereocenters. The number of amides is 1. The van der Waals surface area contributed by atoms with E-state index < -0.39 is 4.92 Å². The minimum Gasteiger partial charge on any atom is -0.339 e. The Morgan fingerprint density at radius 3 is 2.50 bits per heavy atom. The van der Waals surface area contributed by atoms with Crippen LogP contribution in [0.5, 0.6) is 0 Å². The van der Waals surface area contributed by atoms with Gasteiger partial charge >= 0.3 is 0 Å². The van der Waals surface area contributed by atoms with Crippen LogP contribution in [0.25, 0.3) is 0 Å². The molecule has 0 saturated carbocycles. The molecule has 120 valence electrons. The van der Waals surface area contributed by atoms with Crippen molar-refractivity contribution in [3.05, 3.63) is 33.9 Å². The second kappa shape index (κ2) is 7.13. The van der Waals surface area contributed by atoms with E-state index in [1.807, 2.05) is 4.90 Å². The highest BCUT2D eigenvalue weighted by molar-refractivity contribution is 7.98. The molecule has 1 amide bonds. The molecule has 1 heterocycles. The van der Waals surface area contributed by atoms with Crippen molar-refractivity contribution in [2.75, 3.05) is 19.3 Å². The molecule has 0 aliphatic carbocycles. The van der Waals surface area contributed by atoms with Crippen molar-refractivity contribution >= 4 is 23.4 Å². The van der Waals surface area contributed by atoms with E-state index in [0.29, 0.717) is 22.3 Å². The van der Waals surface area contributed by atoms with Crippen LogP contribution in [-0.2, 0) is 0 Å². The SMILES string of the molecule is CSc1ccc(C(=O)N2CCC(C(C)C)CC2)cc1[N+](=O)[O-]. The van der Waals surface area contributed by atoms with E-state index >= 15 is 0 Å². The standard InChI is InChI=1S/C16H22N2O3S/c1-11(2)12-6-8-17(9-7-12)16(19)13-4-5-15(22-3)14(10-13)18(20)21/h4-5,10-12H,6-9H2,1-3H3. The normalized spacial score (nSPS) is 16.1. The minimum absolute atomic E-state index is 0.00964. The fourth-order valence-corrected chi connectivity index (χ4v) is 3.46. The monoisotopic (exact) mass is 322 g/mol. The van der Waals surface area contributed by atoms with Gasteiger partial charge in [0.1, 0.15) is 0 Å². The number of nitrogens with zero attached hydrogens (tertiary/aromatic N) is 2. The Hall–Kier alpha value is -1.56. The van der Waals surface area contributed by atoms with E-state index in [2.05, 4.69) is 13.8 Å². The number of thioether (sulfide) groups is 1. The third-order valence-corrected chi connectivity index (χ3v) is 5.18. The van der Waals surface area contributed by atoms with Gasteiger partial charge in [-0.15, -0.1) is 11.8 Å². The largest absolute Gasteiger partial charge is 0.339 e. The van der Waals surface area contributed by atoms with Crippen LogP contribution in [0.15, 0.2) is 23.1 Å². The Morgan fingerprint density at radius 2 is 2.00 bits per heavy atom. The second-order valence-electron chi connectivity index (χ2n) is 6.02. The zero-order valence-electron chi connectivity index (χ0n) is 13.2. The van der Waals surface area contributed by atoms with Gasteiger partial charge in [-0.2, -0.15) is 0 Å². The Morgan fingerprint density at radius 1 is 1.36 bits per heavy atom. The van der Waals surface area contributed by atoms with E-state index in [1.165, 1.54) is 17.8 Å². The average molecular weight is 322 g/mol. The Labute approximate surface area is 135 Å². The number of carbonyl (C=O) groups is 1. The van der Waals surface area contributed by atoms with Gasteiger partial charge in [0.2, 0.25) is 0 Å². The summed E-state index contributed by atoms with van der Waals surface area (Å²) in [7, 11) is 0. The molecule has 6 heteroatoms. The Balaban J connectivity index is 2.13.